The van der Waals surface area contributed by atoms with Crippen LogP contribution in [0.5, 0.6) is 0 Å². The predicted octanol–water partition coefficient (Wildman–Crippen LogP) is 1.76. The number of aryl methyl sites for hydroxylation is 1. The van der Waals surface area contributed by atoms with E-state index in [9.17, 15) is 0 Å². The first kappa shape index (κ1) is 12.2. The van der Waals surface area contributed by atoms with Crippen molar-refractivity contribution < 1.29 is 4.74 Å². The first-order valence-corrected chi connectivity index (χ1v) is 7.11. The molecular weight excluding hydrogens is 226 g/mol. The van der Waals surface area contributed by atoms with Crippen LogP contribution in [-0.4, -0.2) is 35.6 Å². The number of nitrogens with zero attached hydrogens (tertiary/aromatic N) is 2. The molecule has 1 aromatic rings. The SMILES string of the molecule is Cc1nn(C2CCOC2)c(C)c1CCNC1CC1. The molecule has 1 aromatic heterocycles. The van der Waals surface area contributed by atoms with E-state index in [1.165, 1.54) is 29.8 Å². The molecule has 100 valence electrons. The minimum atomic E-state index is 0.453. The Morgan fingerprint density at radius 1 is 1.33 bits per heavy atom. The quantitative estimate of drug-likeness (QED) is 0.864. The minimum Gasteiger partial charge on any atom is -0.379 e. The molecule has 1 aliphatic heterocycles. The summed E-state index contributed by atoms with van der Waals surface area (Å²) in [5.41, 5.74) is 3.95. The number of aromatic nitrogens is 2. The zero-order valence-electron chi connectivity index (χ0n) is 11.4. The van der Waals surface area contributed by atoms with Gasteiger partial charge in [0.05, 0.1) is 18.3 Å². The third kappa shape index (κ3) is 2.45. The standard InChI is InChI=1S/C14H23N3O/c1-10-14(5-7-15-12-3-4-12)11(2)17(16-10)13-6-8-18-9-13/h12-13,15H,3-9H2,1-2H3. The summed E-state index contributed by atoms with van der Waals surface area (Å²) in [6.45, 7) is 7.11. The Morgan fingerprint density at radius 3 is 2.83 bits per heavy atom. The molecule has 0 radical (unpaired) electrons. The highest BCUT2D eigenvalue weighted by Gasteiger charge is 2.23. The summed E-state index contributed by atoms with van der Waals surface area (Å²) in [6.07, 6.45) is 4.91. The van der Waals surface area contributed by atoms with Gasteiger partial charge in [0.1, 0.15) is 0 Å². The summed E-state index contributed by atoms with van der Waals surface area (Å²) in [4.78, 5) is 0. The van der Waals surface area contributed by atoms with E-state index in [2.05, 4.69) is 23.8 Å². The van der Waals surface area contributed by atoms with Crippen LogP contribution in [-0.2, 0) is 11.2 Å². The summed E-state index contributed by atoms with van der Waals surface area (Å²) in [5.74, 6) is 0. The molecule has 1 saturated carbocycles. The molecule has 0 spiro atoms. The van der Waals surface area contributed by atoms with Gasteiger partial charge in [0.2, 0.25) is 0 Å². The van der Waals surface area contributed by atoms with Crippen molar-refractivity contribution in [1.29, 1.82) is 0 Å². The Kier molecular flexibility index (Phi) is 3.39. The third-order valence-corrected chi connectivity index (χ3v) is 4.11. The topological polar surface area (TPSA) is 39.1 Å². The summed E-state index contributed by atoms with van der Waals surface area (Å²) in [5, 5.41) is 8.29. The van der Waals surface area contributed by atoms with Gasteiger partial charge in [-0.05, 0) is 51.6 Å². The molecule has 0 aromatic carbocycles. The number of nitrogens with one attached hydrogen (secondary N) is 1. The van der Waals surface area contributed by atoms with Crippen molar-refractivity contribution in [2.45, 2.75) is 51.6 Å². The van der Waals surface area contributed by atoms with E-state index in [-0.39, 0.29) is 0 Å². The number of rotatable bonds is 5. The highest BCUT2D eigenvalue weighted by Crippen LogP contribution is 2.24. The van der Waals surface area contributed by atoms with Crippen LogP contribution in [0.3, 0.4) is 0 Å². The normalized spacial score (nSPS) is 23.8. The van der Waals surface area contributed by atoms with E-state index in [0.29, 0.717) is 6.04 Å². The molecule has 1 atom stereocenters. The average Bonchev–Trinajstić information content (AvgIpc) is 2.93. The third-order valence-electron chi connectivity index (χ3n) is 4.11. The second-order valence-electron chi connectivity index (χ2n) is 5.59. The van der Waals surface area contributed by atoms with Gasteiger partial charge in [0.15, 0.2) is 0 Å². The van der Waals surface area contributed by atoms with Crippen LogP contribution in [0.25, 0.3) is 0 Å². The molecular formula is C14H23N3O. The summed E-state index contributed by atoms with van der Waals surface area (Å²) >= 11 is 0. The lowest BCUT2D eigenvalue weighted by atomic mass is 10.1. The number of hydrogen-bond donors (Lipinski definition) is 1. The van der Waals surface area contributed by atoms with Crippen molar-refractivity contribution in [2.24, 2.45) is 0 Å². The molecule has 2 aliphatic rings. The van der Waals surface area contributed by atoms with E-state index in [0.717, 1.165) is 38.6 Å². The van der Waals surface area contributed by atoms with Crippen LogP contribution in [0, 0.1) is 13.8 Å². The first-order valence-electron chi connectivity index (χ1n) is 7.11. The van der Waals surface area contributed by atoms with E-state index >= 15 is 0 Å². The fraction of sp³-hybridized carbons (Fsp3) is 0.786. The molecule has 2 fully saturated rings. The largest absolute Gasteiger partial charge is 0.379 e. The Bertz CT molecular complexity index is 417. The molecule has 0 amide bonds. The Balaban J connectivity index is 1.68. The van der Waals surface area contributed by atoms with Gasteiger partial charge in [-0.3, -0.25) is 4.68 Å². The fourth-order valence-electron chi connectivity index (χ4n) is 2.82. The van der Waals surface area contributed by atoms with Crippen molar-refractivity contribution in [2.75, 3.05) is 19.8 Å². The Labute approximate surface area is 109 Å². The van der Waals surface area contributed by atoms with Gasteiger partial charge in [-0.2, -0.15) is 5.10 Å². The summed E-state index contributed by atoms with van der Waals surface area (Å²) < 4.78 is 7.65. The molecule has 1 unspecified atom stereocenters. The van der Waals surface area contributed by atoms with Gasteiger partial charge >= 0.3 is 0 Å². The maximum atomic E-state index is 5.46. The summed E-state index contributed by atoms with van der Waals surface area (Å²) in [7, 11) is 0. The highest BCUT2D eigenvalue weighted by molar-refractivity contribution is 5.25. The summed E-state index contributed by atoms with van der Waals surface area (Å²) in [6, 6.07) is 1.25. The smallest absolute Gasteiger partial charge is 0.0777 e. The Morgan fingerprint density at radius 2 is 2.17 bits per heavy atom. The molecule has 2 heterocycles. The molecule has 4 nitrogen and oxygen atoms in total. The maximum absolute atomic E-state index is 5.46. The Hall–Kier alpha value is -0.870. The van der Waals surface area contributed by atoms with Crippen LogP contribution < -0.4 is 5.32 Å². The van der Waals surface area contributed by atoms with Crippen molar-refractivity contribution in [3.05, 3.63) is 17.0 Å². The lowest BCUT2D eigenvalue weighted by Gasteiger charge is -2.11. The first-order chi connectivity index (χ1) is 8.75. The second-order valence-corrected chi connectivity index (χ2v) is 5.59. The van der Waals surface area contributed by atoms with E-state index in [1.54, 1.807) is 0 Å². The maximum Gasteiger partial charge on any atom is 0.0777 e. The van der Waals surface area contributed by atoms with Gasteiger partial charge in [-0.15, -0.1) is 0 Å². The van der Waals surface area contributed by atoms with Crippen LogP contribution in [0.15, 0.2) is 0 Å². The van der Waals surface area contributed by atoms with Crippen LogP contribution in [0.1, 0.15) is 42.3 Å². The van der Waals surface area contributed by atoms with Gasteiger partial charge in [-0.25, -0.2) is 0 Å². The van der Waals surface area contributed by atoms with E-state index in [4.69, 9.17) is 9.84 Å². The van der Waals surface area contributed by atoms with Crippen molar-refractivity contribution >= 4 is 0 Å². The minimum absolute atomic E-state index is 0.453. The highest BCUT2D eigenvalue weighted by atomic mass is 16.5. The average molecular weight is 249 g/mol. The molecule has 1 saturated heterocycles. The zero-order valence-corrected chi connectivity index (χ0v) is 11.4. The van der Waals surface area contributed by atoms with Crippen molar-refractivity contribution in [3.63, 3.8) is 0 Å². The molecule has 0 bridgehead atoms. The van der Waals surface area contributed by atoms with E-state index in [1.807, 2.05) is 0 Å². The monoisotopic (exact) mass is 249 g/mol. The lowest BCUT2D eigenvalue weighted by molar-refractivity contribution is 0.184. The zero-order chi connectivity index (χ0) is 12.5. The van der Waals surface area contributed by atoms with Crippen LogP contribution in [0.4, 0.5) is 0 Å². The van der Waals surface area contributed by atoms with Crippen LogP contribution >= 0.6 is 0 Å². The molecule has 3 rings (SSSR count). The molecule has 1 aliphatic carbocycles. The van der Waals surface area contributed by atoms with Gasteiger partial charge in [0.25, 0.3) is 0 Å². The molecule has 4 heteroatoms. The predicted molar refractivity (Wildman–Crippen MR) is 70.9 cm³/mol. The second kappa shape index (κ2) is 5.02. The molecule has 18 heavy (non-hydrogen) atoms. The van der Waals surface area contributed by atoms with Crippen molar-refractivity contribution in [3.8, 4) is 0 Å². The number of ether oxygens (including phenoxy) is 1. The van der Waals surface area contributed by atoms with Gasteiger partial charge < -0.3 is 10.1 Å². The van der Waals surface area contributed by atoms with E-state index < -0.39 is 0 Å². The molecule has 1 N–H and O–H groups in total. The van der Waals surface area contributed by atoms with Gasteiger partial charge in [0, 0.05) is 18.3 Å². The van der Waals surface area contributed by atoms with Crippen LogP contribution in [0.2, 0.25) is 0 Å². The van der Waals surface area contributed by atoms with Crippen molar-refractivity contribution in [1.82, 2.24) is 15.1 Å². The number of hydrogen-bond acceptors (Lipinski definition) is 3. The lowest BCUT2D eigenvalue weighted by Crippen LogP contribution is -2.19. The fourth-order valence-corrected chi connectivity index (χ4v) is 2.82. The van der Waals surface area contributed by atoms with Gasteiger partial charge in [-0.1, -0.05) is 0 Å².